The van der Waals surface area contributed by atoms with Crippen LogP contribution in [0.4, 0.5) is 10.2 Å². The number of amides is 1. The molecule has 1 N–H and O–H groups in total. The molecule has 0 aliphatic carbocycles. The third kappa shape index (κ3) is 2.73. The van der Waals surface area contributed by atoms with Gasteiger partial charge in [0.05, 0.1) is 16.7 Å². The zero-order valence-electron chi connectivity index (χ0n) is 15.8. The molecule has 0 saturated carbocycles. The van der Waals surface area contributed by atoms with Gasteiger partial charge in [0.25, 0.3) is 0 Å². The third-order valence-electron chi connectivity index (χ3n) is 5.39. The van der Waals surface area contributed by atoms with Gasteiger partial charge in [0.2, 0.25) is 11.9 Å². The molecule has 0 fully saturated rings. The summed E-state index contributed by atoms with van der Waals surface area (Å²) < 4.78 is 18.1. The van der Waals surface area contributed by atoms with Gasteiger partial charge in [-0.3, -0.25) is 4.79 Å². The van der Waals surface area contributed by atoms with Gasteiger partial charge in [0.1, 0.15) is 11.6 Å². The average molecular weight is 410 g/mol. The van der Waals surface area contributed by atoms with Crippen molar-refractivity contribution in [3.63, 3.8) is 0 Å². The molecule has 4 aromatic rings. The van der Waals surface area contributed by atoms with Crippen LogP contribution in [-0.2, 0) is 11.8 Å². The van der Waals surface area contributed by atoms with Crippen molar-refractivity contribution in [1.29, 1.82) is 0 Å². The van der Waals surface area contributed by atoms with Crippen molar-refractivity contribution in [1.82, 2.24) is 19.3 Å². The molecule has 1 aliphatic heterocycles. The van der Waals surface area contributed by atoms with Crippen LogP contribution in [0.15, 0.2) is 42.5 Å². The van der Waals surface area contributed by atoms with E-state index in [4.69, 9.17) is 11.6 Å². The quantitative estimate of drug-likeness (QED) is 0.535. The summed E-state index contributed by atoms with van der Waals surface area (Å²) in [4.78, 5) is 17.2. The summed E-state index contributed by atoms with van der Waals surface area (Å²) in [5, 5.41) is 7.98. The van der Waals surface area contributed by atoms with E-state index in [1.807, 2.05) is 42.8 Å². The summed E-state index contributed by atoms with van der Waals surface area (Å²) in [6, 6.07) is 12.2. The summed E-state index contributed by atoms with van der Waals surface area (Å²) >= 11 is 6.10. The molecular weight excluding hydrogens is 393 g/mol. The highest BCUT2D eigenvalue weighted by atomic mass is 35.5. The van der Waals surface area contributed by atoms with Crippen molar-refractivity contribution < 1.29 is 9.18 Å². The minimum Gasteiger partial charge on any atom is -0.311 e. The van der Waals surface area contributed by atoms with E-state index < -0.39 is 11.7 Å². The number of nitrogens with zero attached hydrogens (tertiary/aromatic N) is 4. The molecule has 1 amide bonds. The van der Waals surface area contributed by atoms with Crippen molar-refractivity contribution in [3.8, 4) is 5.95 Å². The number of imidazole rings is 1. The Morgan fingerprint density at radius 2 is 2.03 bits per heavy atom. The van der Waals surface area contributed by atoms with Gasteiger partial charge in [-0.05, 0) is 42.8 Å². The van der Waals surface area contributed by atoms with E-state index in [-0.39, 0.29) is 12.3 Å². The molecule has 8 heteroatoms. The predicted octanol–water partition coefficient (Wildman–Crippen LogP) is 4.33. The number of nitrogens with one attached hydrogen (secondary N) is 1. The predicted molar refractivity (Wildman–Crippen MR) is 109 cm³/mol. The first kappa shape index (κ1) is 17.9. The van der Waals surface area contributed by atoms with Crippen LogP contribution >= 0.6 is 11.6 Å². The zero-order valence-corrected chi connectivity index (χ0v) is 16.5. The number of anilines is 1. The number of fused-ring (bicyclic) bond motifs is 2. The second-order valence-electron chi connectivity index (χ2n) is 7.19. The third-order valence-corrected chi connectivity index (χ3v) is 5.62. The lowest BCUT2D eigenvalue weighted by Crippen LogP contribution is -2.25. The van der Waals surface area contributed by atoms with Gasteiger partial charge in [-0.1, -0.05) is 23.7 Å². The number of halogens is 2. The smallest absolute Gasteiger partial charge is 0.233 e. The Morgan fingerprint density at radius 1 is 1.24 bits per heavy atom. The summed E-state index contributed by atoms with van der Waals surface area (Å²) in [5.41, 5.74) is 3.64. The monoisotopic (exact) mass is 409 g/mol. The molecule has 0 radical (unpaired) electrons. The lowest BCUT2D eigenvalue weighted by atomic mass is 9.85. The van der Waals surface area contributed by atoms with Crippen molar-refractivity contribution >= 4 is 34.4 Å². The number of aromatic nitrogens is 4. The number of aryl methyl sites for hydroxylation is 2. The highest BCUT2D eigenvalue weighted by Crippen LogP contribution is 2.41. The number of benzene rings is 2. The first-order chi connectivity index (χ1) is 13.9. The average Bonchev–Trinajstić information content (AvgIpc) is 3.20. The zero-order chi connectivity index (χ0) is 20.3. The van der Waals surface area contributed by atoms with Gasteiger partial charge in [-0.15, -0.1) is 0 Å². The van der Waals surface area contributed by atoms with Crippen LogP contribution in [0.5, 0.6) is 0 Å². The molecule has 0 bridgehead atoms. The van der Waals surface area contributed by atoms with Crippen molar-refractivity contribution in [2.75, 3.05) is 5.32 Å². The van der Waals surface area contributed by atoms with E-state index in [2.05, 4.69) is 15.4 Å². The van der Waals surface area contributed by atoms with E-state index in [0.717, 1.165) is 16.6 Å². The molecule has 5 rings (SSSR count). The van der Waals surface area contributed by atoms with Crippen LogP contribution in [0.2, 0.25) is 5.02 Å². The maximum atomic E-state index is 14.6. The summed E-state index contributed by atoms with van der Waals surface area (Å²) in [5.74, 6) is 0.0159. The molecule has 6 nitrogen and oxygen atoms in total. The van der Waals surface area contributed by atoms with E-state index in [1.54, 1.807) is 10.7 Å². The summed E-state index contributed by atoms with van der Waals surface area (Å²) in [6.45, 7) is 1.85. The van der Waals surface area contributed by atoms with Gasteiger partial charge in [-0.2, -0.15) is 9.78 Å². The van der Waals surface area contributed by atoms with E-state index >= 15 is 0 Å². The van der Waals surface area contributed by atoms with Crippen molar-refractivity contribution in [3.05, 3.63) is 70.1 Å². The number of para-hydroxylation sites is 2. The normalized spacial score (nSPS) is 16.1. The molecule has 0 spiro atoms. The van der Waals surface area contributed by atoms with Gasteiger partial charge in [0, 0.05) is 30.0 Å². The number of hydrogen-bond acceptors (Lipinski definition) is 3. The van der Waals surface area contributed by atoms with Gasteiger partial charge in [-0.25, -0.2) is 9.37 Å². The fourth-order valence-electron chi connectivity index (χ4n) is 4.06. The number of hydrogen-bond donors (Lipinski definition) is 1. The lowest BCUT2D eigenvalue weighted by Gasteiger charge is -2.24. The first-order valence-corrected chi connectivity index (χ1v) is 9.58. The fraction of sp³-hybridized carbons (Fsp3) is 0.190. The lowest BCUT2D eigenvalue weighted by molar-refractivity contribution is -0.116. The van der Waals surface area contributed by atoms with E-state index in [9.17, 15) is 9.18 Å². The Morgan fingerprint density at radius 3 is 2.83 bits per heavy atom. The standard InChI is InChI=1S/C21H17ClFN5O/c1-11-19-14(13-9-12(22)7-8-15(13)23)10-18(29)25-20(19)28(26-11)21-24-16-5-3-4-6-17(16)27(21)2/h3-9,14H,10H2,1-2H3,(H,25,29). The Labute approximate surface area is 170 Å². The maximum absolute atomic E-state index is 14.6. The molecule has 3 heterocycles. The number of carbonyl (C=O) groups is 1. The Hall–Kier alpha value is -3.19. The molecule has 29 heavy (non-hydrogen) atoms. The highest BCUT2D eigenvalue weighted by Gasteiger charge is 2.35. The highest BCUT2D eigenvalue weighted by molar-refractivity contribution is 6.30. The van der Waals surface area contributed by atoms with Gasteiger partial charge < -0.3 is 9.88 Å². The van der Waals surface area contributed by atoms with Crippen LogP contribution in [-0.4, -0.2) is 25.2 Å². The topological polar surface area (TPSA) is 64.7 Å². The SMILES string of the molecule is Cc1nn(-c2nc3ccccc3n2C)c2c1C(c1cc(Cl)ccc1F)CC(=O)N2. The van der Waals surface area contributed by atoms with Crippen molar-refractivity contribution in [2.24, 2.45) is 7.05 Å². The van der Waals surface area contributed by atoms with Crippen molar-refractivity contribution in [2.45, 2.75) is 19.3 Å². The Bertz CT molecular complexity index is 1290. The minimum absolute atomic E-state index is 0.124. The second kappa shape index (κ2) is 6.42. The number of carbonyl (C=O) groups excluding carboxylic acids is 1. The molecule has 2 aromatic heterocycles. The van der Waals surface area contributed by atoms with Crippen LogP contribution < -0.4 is 5.32 Å². The van der Waals surface area contributed by atoms with Gasteiger partial charge in [0.15, 0.2) is 0 Å². The largest absolute Gasteiger partial charge is 0.311 e. The molecule has 0 saturated heterocycles. The molecule has 1 unspecified atom stereocenters. The summed E-state index contributed by atoms with van der Waals surface area (Å²) in [7, 11) is 1.90. The molecule has 2 aromatic carbocycles. The molecular formula is C21H17ClFN5O. The van der Waals surface area contributed by atoms with Crippen LogP contribution in [0, 0.1) is 12.7 Å². The Kier molecular flexibility index (Phi) is 3.96. The second-order valence-corrected chi connectivity index (χ2v) is 7.63. The van der Waals surface area contributed by atoms with Gasteiger partial charge >= 0.3 is 0 Å². The maximum Gasteiger partial charge on any atom is 0.233 e. The molecule has 1 atom stereocenters. The number of rotatable bonds is 2. The molecule has 146 valence electrons. The van der Waals surface area contributed by atoms with Crippen LogP contribution in [0.1, 0.15) is 29.2 Å². The fourth-order valence-corrected chi connectivity index (χ4v) is 4.24. The Balaban J connectivity index is 1.73. The van der Waals surface area contributed by atoms with E-state index in [1.165, 1.54) is 12.1 Å². The summed E-state index contributed by atoms with van der Waals surface area (Å²) in [6.07, 6.45) is 0.124. The first-order valence-electron chi connectivity index (χ1n) is 9.20. The minimum atomic E-state index is -0.471. The van der Waals surface area contributed by atoms with Crippen LogP contribution in [0.3, 0.4) is 0 Å². The van der Waals surface area contributed by atoms with Crippen LogP contribution in [0.25, 0.3) is 17.0 Å². The molecule has 1 aliphatic rings. The van der Waals surface area contributed by atoms with E-state index in [0.29, 0.717) is 28.0 Å².